The van der Waals surface area contributed by atoms with E-state index in [4.69, 9.17) is 11.6 Å². The molecule has 1 aromatic carbocycles. The Balaban J connectivity index is 1.70. The number of alkyl halides is 7. The van der Waals surface area contributed by atoms with Crippen molar-refractivity contribution in [2.75, 3.05) is 0 Å². The van der Waals surface area contributed by atoms with Crippen LogP contribution in [0.25, 0.3) is 16.1 Å². The number of thiophene rings is 1. The van der Waals surface area contributed by atoms with Crippen molar-refractivity contribution in [2.45, 2.75) is 36.8 Å². The predicted molar refractivity (Wildman–Crippen MR) is 103 cm³/mol. The predicted octanol–water partition coefficient (Wildman–Crippen LogP) is 7.29. The zero-order chi connectivity index (χ0) is 23.5. The van der Waals surface area contributed by atoms with Crippen molar-refractivity contribution in [1.29, 1.82) is 5.26 Å². The second-order valence-corrected chi connectivity index (χ2v) is 8.73. The van der Waals surface area contributed by atoms with Gasteiger partial charge in [0, 0.05) is 22.2 Å². The molecule has 0 saturated heterocycles. The van der Waals surface area contributed by atoms with E-state index in [2.05, 4.69) is 11.2 Å². The summed E-state index contributed by atoms with van der Waals surface area (Å²) >= 11 is 7.18. The van der Waals surface area contributed by atoms with Crippen molar-refractivity contribution in [3.05, 3.63) is 57.7 Å². The van der Waals surface area contributed by atoms with Crippen LogP contribution in [0, 0.1) is 11.3 Å². The first kappa shape index (κ1) is 22.6. The number of hydrogen-bond acceptors (Lipinski definition) is 3. The van der Waals surface area contributed by atoms with Crippen LogP contribution in [0.1, 0.15) is 34.8 Å². The molecule has 0 aliphatic heterocycles. The van der Waals surface area contributed by atoms with Gasteiger partial charge in [-0.05, 0) is 42.5 Å². The lowest BCUT2D eigenvalue weighted by atomic mass is 9.94. The molecular formula is C20H11ClF7N3S. The topological polar surface area (TPSA) is 41.6 Å². The fourth-order valence-corrected chi connectivity index (χ4v) is 4.59. The van der Waals surface area contributed by atoms with E-state index in [1.807, 2.05) is 6.07 Å². The van der Waals surface area contributed by atoms with Crippen molar-refractivity contribution in [3.63, 3.8) is 0 Å². The molecule has 168 valence electrons. The highest BCUT2D eigenvalue weighted by atomic mass is 35.5. The van der Waals surface area contributed by atoms with Crippen LogP contribution in [0.15, 0.2) is 36.7 Å². The Hall–Kier alpha value is -2.58. The highest BCUT2D eigenvalue weighted by molar-refractivity contribution is 7.16. The van der Waals surface area contributed by atoms with Crippen molar-refractivity contribution in [3.8, 4) is 22.2 Å². The van der Waals surface area contributed by atoms with Crippen molar-refractivity contribution in [2.24, 2.45) is 0 Å². The van der Waals surface area contributed by atoms with Crippen LogP contribution in [0.4, 0.5) is 30.7 Å². The number of nitriles is 1. The summed E-state index contributed by atoms with van der Waals surface area (Å²) in [5.41, 5.74) is -5.75. The first-order valence-corrected chi connectivity index (χ1v) is 10.3. The van der Waals surface area contributed by atoms with Gasteiger partial charge in [-0.1, -0.05) is 17.7 Å². The molecule has 2 heterocycles. The highest BCUT2D eigenvalue weighted by Crippen LogP contribution is 2.53. The largest absolute Gasteiger partial charge is 0.435 e. The average Bonchev–Trinajstić information content (AvgIpc) is 3.26. The molecule has 1 aliphatic rings. The zero-order valence-electron chi connectivity index (χ0n) is 15.7. The van der Waals surface area contributed by atoms with Gasteiger partial charge in [-0.2, -0.15) is 36.7 Å². The summed E-state index contributed by atoms with van der Waals surface area (Å²) in [5, 5.41) is 12.8. The lowest BCUT2D eigenvalue weighted by Gasteiger charge is -2.30. The number of benzene rings is 1. The summed E-state index contributed by atoms with van der Waals surface area (Å²) in [7, 11) is 0. The summed E-state index contributed by atoms with van der Waals surface area (Å²) in [4.78, 5) is 1.32. The highest BCUT2D eigenvalue weighted by Gasteiger charge is 2.73. The van der Waals surface area contributed by atoms with Crippen LogP contribution in [0.3, 0.4) is 0 Å². The maximum absolute atomic E-state index is 14.3. The molecule has 1 saturated carbocycles. The van der Waals surface area contributed by atoms with Gasteiger partial charge in [0.2, 0.25) is 0 Å². The summed E-state index contributed by atoms with van der Waals surface area (Å²) < 4.78 is 93.3. The van der Waals surface area contributed by atoms with Gasteiger partial charge in [0.25, 0.3) is 0 Å². The molecule has 3 nitrogen and oxygen atoms in total. The van der Waals surface area contributed by atoms with Gasteiger partial charge in [-0.15, -0.1) is 11.3 Å². The van der Waals surface area contributed by atoms with Crippen molar-refractivity contribution >= 4 is 22.9 Å². The summed E-state index contributed by atoms with van der Waals surface area (Å²) in [6.07, 6.45) is -7.56. The third-order valence-corrected chi connectivity index (χ3v) is 6.53. The van der Waals surface area contributed by atoms with E-state index >= 15 is 0 Å². The van der Waals surface area contributed by atoms with Crippen LogP contribution in [0.2, 0.25) is 5.02 Å². The van der Waals surface area contributed by atoms with E-state index in [9.17, 15) is 36.0 Å². The Morgan fingerprint density at radius 2 is 1.72 bits per heavy atom. The van der Waals surface area contributed by atoms with E-state index in [1.165, 1.54) is 23.7 Å². The van der Waals surface area contributed by atoms with Gasteiger partial charge in [0.1, 0.15) is 10.9 Å². The summed E-state index contributed by atoms with van der Waals surface area (Å²) in [6.45, 7) is 0. The standard InChI is InChI=1S/C20H11ClF7N3S/c21-14-5-12(18(22,19(23,24)25)20(26,27)28)3-4-15(14)31-9-11(8-30-31)16-6-13(10-1-2-10)17(7-29)32-16/h3-6,8-10H,1-2H2. The molecule has 0 bridgehead atoms. The minimum Gasteiger partial charge on any atom is -0.239 e. The molecular weight excluding hydrogens is 483 g/mol. The summed E-state index contributed by atoms with van der Waals surface area (Å²) in [6, 6.07) is 5.54. The van der Waals surface area contributed by atoms with Crippen LogP contribution in [-0.4, -0.2) is 22.1 Å². The molecule has 0 N–H and O–H groups in total. The second kappa shape index (κ2) is 7.49. The van der Waals surface area contributed by atoms with E-state index in [0.717, 1.165) is 34.0 Å². The quantitative estimate of drug-likeness (QED) is 0.358. The second-order valence-electron chi connectivity index (χ2n) is 7.27. The number of rotatable bonds is 4. The lowest BCUT2D eigenvalue weighted by molar-refractivity contribution is -0.348. The first-order valence-electron chi connectivity index (χ1n) is 9.08. The van der Waals surface area contributed by atoms with Crippen LogP contribution in [0.5, 0.6) is 0 Å². The average molecular weight is 494 g/mol. The van der Waals surface area contributed by atoms with E-state index in [-0.39, 0.29) is 5.69 Å². The smallest absolute Gasteiger partial charge is 0.239 e. The summed E-state index contributed by atoms with van der Waals surface area (Å²) in [5.74, 6) is 0.343. The lowest BCUT2D eigenvalue weighted by Crippen LogP contribution is -2.50. The number of aromatic nitrogens is 2. The fraction of sp³-hybridized carbons (Fsp3) is 0.300. The first-order chi connectivity index (χ1) is 14.9. The zero-order valence-corrected chi connectivity index (χ0v) is 17.3. The minimum absolute atomic E-state index is 0.0344. The molecule has 1 fully saturated rings. The number of nitrogens with zero attached hydrogens (tertiary/aromatic N) is 3. The van der Waals surface area contributed by atoms with Gasteiger partial charge in [-0.3, -0.25) is 0 Å². The fourth-order valence-electron chi connectivity index (χ4n) is 3.31. The van der Waals surface area contributed by atoms with Gasteiger partial charge in [0.05, 0.1) is 16.9 Å². The Morgan fingerprint density at radius 3 is 2.25 bits per heavy atom. The molecule has 4 rings (SSSR count). The molecule has 32 heavy (non-hydrogen) atoms. The molecule has 1 aliphatic carbocycles. The Morgan fingerprint density at radius 1 is 1.06 bits per heavy atom. The van der Waals surface area contributed by atoms with Crippen LogP contribution >= 0.6 is 22.9 Å². The van der Waals surface area contributed by atoms with Crippen molar-refractivity contribution < 1.29 is 30.7 Å². The van der Waals surface area contributed by atoms with Crippen LogP contribution in [-0.2, 0) is 5.67 Å². The maximum atomic E-state index is 14.3. The Bertz CT molecular complexity index is 1200. The molecule has 0 atom stereocenters. The van der Waals surface area contributed by atoms with Crippen molar-refractivity contribution in [1.82, 2.24) is 9.78 Å². The Labute approximate surface area is 185 Å². The SMILES string of the molecule is N#Cc1sc(-c2cnn(-c3ccc(C(F)(C(F)(F)F)C(F)(F)F)cc3Cl)c2)cc1C1CC1. The van der Waals surface area contributed by atoms with Gasteiger partial charge >= 0.3 is 18.0 Å². The van der Waals surface area contributed by atoms with E-state index < -0.39 is 28.6 Å². The van der Waals surface area contributed by atoms with Gasteiger partial charge < -0.3 is 0 Å². The number of hydrogen-bond donors (Lipinski definition) is 0. The maximum Gasteiger partial charge on any atom is 0.435 e. The van der Waals surface area contributed by atoms with E-state index in [0.29, 0.717) is 28.5 Å². The van der Waals surface area contributed by atoms with Gasteiger partial charge in [-0.25, -0.2) is 9.07 Å². The molecule has 2 aromatic heterocycles. The molecule has 0 radical (unpaired) electrons. The van der Waals surface area contributed by atoms with Crippen LogP contribution < -0.4 is 0 Å². The molecule has 0 spiro atoms. The Kier molecular flexibility index (Phi) is 5.29. The van der Waals surface area contributed by atoms with Gasteiger partial charge in [0.15, 0.2) is 0 Å². The number of halogens is 8. The normalized spacial score (nSPS) is 15.1. The molecule has 3 aromatic rings. The van der Waals surface area contributed by atoms with E-state index in [1.54, 1.807) is 0 Å². The molecule has 12 heteroatoms. The third kappa shape index (κ3) is 3.65. The molecule has 0 amide bonds. The monoisotopic (exact) mass is 493 g/mol. The third-order valence-electron chi connectivity index (χ3n) is 5.12. The molecule has 0 unspecified atom stereocenters. The minimum atomic E-state index is -6.23.